The maximum atomic E-state index is 13.5. The van der Waals surface area contributed by atoms with E-state index in [9.17, 15) is 19.7 Å². The SMILES string of the molecule is Cc1ccc(N2C(=O)[C@H]3[C@H](ON(c4ccccc4)[C@@H]3c3ccc([N+](=O)[O-])cc3)C2=O)cc1. The molecule has 0 aliphatic carbocycles. The number of nitro benzene ring substituents is 1. The van der Waals surface area contributed by atoms with Crippen LogP contribution in [0.5, 0.6) is 0 Å². The molecule has 0 bridgehead atoms. The van der Waals surface area contributed by atoms with Gasteiger partial charge in [-0.05, 0) is 36.8 Å². The lowest BCUT2D eigenvalue weighted by Gasteiger charge is -2.28. The molecule has 0 saturated carbocycles. The molecule has 2 amide bonds. The van der Waals surface area contributed by atoms with Crippen molar-refractivity contribution in [3.05, 3.63) is 100 Å². The van der Waals surface area contributed by atoms with Gasteiger partial charge in [-0.2, -0.15) is 0 Å². The number of carbonyl (C=O) groups is 2. The van der Waals surface area contributed by atoms with E-state index in [-0.39, 0.29) is 11.6 Å². The second-order valence-corrected chi connectivity index (χ2v) is 7.85. The summed E-state index contributed by atoms with van der Waals surface area (Å²) in [7, 11) is 0. The van der Waals surface area contributed by atoms with Crippen LogP contribution in [-0.4, -0.2) is 22.8 Å². The molecule has 0 radical (unpaired) electrons. The Morgan fingerprint density at radius 2 is 1.50 bits per heavy atom. The van der Waals surface area contributed by atoms with Crippen molar-refractivity contribution in [2.75, 3.05) is 9.96 Å². The van der Waals surface area contributed by atoms with E-state index in [2.05, 4.69) is 0 Å². The fourth-order valence-electron chi connectivity index (χ4n) is 4.29. The standard InChI is InChI=1S/C24H19N3O5/c1-15-7-11-17(12-8-15)25-23(28)20-21(16-9-13-19(14-10-16)27(30)31)26(32-22(20)24(25)29)18-5-3-2-4-6-18/h2-14,20-22H,1H3/t20-,21-,22+/m1/s1. The van der Waals surface area contributed by atoms with Gasteiger partial charge in [0, 0.05) is 12.1 Å². The molecule has 0 spiro atoms. The van der Waals surface area contributed by atoms with E-state index in [1.807, 2.05) is 49.4 Å². The van der Waals surface area contributed by atoms with Crippen LogP contribution >= 0.6 is 0 Å². The number of benzene rings is 3. The predicted octanol–water partition coefficient (Wildman–Crippen LogP) is 3.95. The second-order valence-electron chi connectivity index (χ2n) is 7.85. The zero-order valence-electron chi connectivity index (χ0n) is 17.1. The third-order valence-electron chi connectivity index (χ3n) is 5.86. The van der Waals surface area contributed by atoms with Gasteiger partial charge in [0.1, 0.15) is 5.92 Å². The Kier molecular flexibility index (Phi) is 4.71. The second kappa shape index (κ2) is 7.58. The van der Waals surface area contributed by atoms with Crippen LogP contribution < -0.4 is 9.96 Å². The number of para-hydroxylation sites is 1. The maximum Gasteiger partial charge on any atom is 0.269 e. The van der Waals surface area contributed by atoms with E-state index in [1.165, 1.54) is 17.0 Å². The van der Waals surface area contributed by atoms with Crippen molar-refractivity contribution in [2.45, 2.75) is 19.1 Å². The molecule has 2 aliphatic rings. The third kappa shape index (κ3) is 3.12. The predicted molar refractivity (Wildman–Crippen MR) is 117 cm³/mol. The number of nitrogens with zero attached hydrogens (tertiary/aromatic N) is 3. The lowest BCUT2D eigenvalue weighted by Crippen LogP contribution is -2.37. The molecule has 5 rings (SSSR count). The first kappa shape index (κ1) is 19.9. The largest absolute Gasteiger partial charge is 0.273 e. The number of hydroxylamine groups is 1. The number of carbonyl (C=O) groups excluding carboxylic acids is 2. The quantitative estimate of drug-likeness (QED) is 0.354. The van der Waals surface area contributed by atoms with E-state index in [0.717, 1.165) is 5.56 Å². The summed E-state index contributed by atoms with van der Waals surface area (Å²) in [5.74, 6) is -1.56. The molecule has 2 saturated heterocycles. The summed E-state index contributed by atoms with van der Waals surface area (Å²) in [6.45, 7) is 1.93. The summed E-state index contributed by atoms with van der Waals surface area (Å²) in [5, 5.41) is 12.7. The molecule has 3 aromatic rings. The van der Waals surface area contributed by atoms with E-state index < -0.39 is 28.9 Å². The van der Waals surface area contributed by atoms with Crippen molar-refractivity contribution >= 4 is 28.9 Å². The molecule has 0 aromatic heterocycles. The minimum atomic E-state index is -0.982. The number of aryl methyl sites for hydroxylation is 1. The van der Waals surface area contributed by atoms with Gasteiger partial charge in [0.15, 0.2) is 6.10 Å². The van der Waals surface area contributed by atoms with Crippen LogP contribution in [0.4, 0.5) is 17.1 Å². The first-order valence-electron chi connectivity index (χ1n) is 10.2. The van der Waals surface area contributed by atoms with Gasteiger partial charge in [-0.1, -0.05) is 48.0 Å². The van der Waals surface area contributed by atoms with Gasteiger partial charge in [-0.3, -0.25) is 24.5 Å². The topological polar surface area (TPSA) is 93.0 Å². The van der Waals surface area contributed by atoms with E-state index in [0.29, 0.717) is 16.9 Å². The third-order valence-corrected chi connectivity index (χ3v) is 5.86. The molecule has 2 fully saturated rings. The highest BCUT2D eigenvalue weighted by Crippen LogP contribution is 2.47. The van der Waals surface area contributed by atoms with Crippen LogP contribution in [0.3, 0.4) is 0 Å². The number of fused-ring (bicyclic) bond motifs is 1. The number of amides is 2. The zero-order valence-corrected chi connectivity index (χ0v) is 17.1. The first-order valence-corrected chi connectivity index (χ1v) is 10.2. The van der Waals surface area contributed by atoms with Crippen LogP contribution in [0.1, 0.15) is 17.2 Å². The van der Waals surface area contributed by atoms with Crippen LogP contribution in [0.25, 0.3) is 0 Å². The van der Waals surface area contributed by atoms with Crippen molar-refractivity contribution in [1.29, 1.82) is 0 Å². The highest BCUT2D eigenvalue weighted by Gasteiger charge is 2.60. The fraction of sp³-hybridized carbons (Fsp3) is 0.167. The number of rotatable bonds is 4. The van der Waals surface area contributed by atoms with Crippen LogP contribution in [-0.2, 0) is 14.4 Å². The number of hydrogen-bond donors (Lipinski definition) is 0. The molecule has 32 heavy (non-hydrogen) atoms. The normalized spacial score (nSPS) is 22.3. The van der Waals surface area contributed by atoms with Gasteiger partial charge >= 0.3 is 0 Å². The van der Waals surface area contributed by atoms with Crippen molar-refractivity contribution < 1.29 is 19.3 Å². The summed E-state index contributed by atoms with van der Waals surface area (Å²) in [5.41, 5.74) is 2.80. The van der Waals surface area contributed by atoms with Crippen molar-refractivity contribution in [1.82, 2.24) is 0 Å². The van der Waals surface area contributed by atoms with Crippen molar-refractivity contribution in [2.24, 2.45) is 5.92 Å². The number of hydrogen-bond acceptors (Lipinski definition) is 6. The highest BCUT2D eigenvalue weighted by molar-refractivity contribution is 6.23. The minimum absolute atomic E-state index is 0.0504. The van der Waals surface area contributed by atoms with Crippen molar-refractivity contribution in [3.63, 3.8) is 0 Å². The van der Waals surface area contributed by atoms with Crippen LogP contribution in [0.15, 0.2) is 78.9 Å². The van der Waals surface area contributed by atoms with Crippen molar-refractivity contribution in [3.8, 4) is 0 Å². The van der Waals surface area contributed by atoms with E-state index in [4.69, 9.17) is 4.84 Å². The molecule has 2 aliphatic heterocycles. The number of nitro groups is 1. The van der Waals surface area contributed by atoms with Gasteiger partial charge < -0.3 is 0 Å². The Morgan fingerprint density at radius 1 is 0.844 bits per heavy atom. The number of anilines is 2. The van der Waals surface area contributed by atoms with Gasteiger partial charge in [-0.25, -0.2) is 9.96 Å². The smallest absolute Gasteiger partial charge is 0.269 e. The Balaban J connectivity index is 1.57. The summed E-state index contributed by atoms with van der Waals surface area (Å²) in [4.78, 5) is 44.6. The van der Waals surface area contributed by atoms with E-state index in [1.54, 1.807) is 29.3 Å². The lowest BCUT2D eigenvalue weighted by atomic mass is 9.90. The molecule has 160 valence electrons. The molecular formula is C24H19N3O5. The Bertz CT molecular complexity index is 1190. The monoisotopic (exact) mass is 429 g/mol. The summed E-state index contributed by atoms with van der Waals surface area (Å²) < 4.78 is 0. The number of imide groups is 1. The lowest BCUT2D eigenvalue weighted by molar-refractivity contribution is -0.384. The molecule has 2 heterocycles. The van der Waals surface area contributed by atoms with Gasteiger partial charge in [0.05, 0.1) is 22.3 Å². The Morgan fingerprint density at radius 3 is 2.12 bits per heavy atom. The highest BCUT2D eigenvalue weighted by atomic mass is 16.7. The molecule has 3 aromatic carbocycles. The van der Waals surface area contributed by atoms with Gasteiger partial charge in [-0.15, -0.1) is 0 Å². The summed E-state index contributed by atoms with van der Waals surface area (Å²) in [6.07, 6.45) is -0.982. The van der Waals surface area contributed by atoms with Gasteiger partial charge in [0.25, 0.3) is 11.6 Å². The summed E-state index contributed by atoms with van der Waals surface area (Å²) in [6, 6.07) is 21.7. The van der Waals surface area contributed by atoms with Gasteiger partial charge in [0.2, 0.25) is 5.91 Å². The summed E-state index contributed by atoms with van der Waals surface area (Å²) >= 11 is 0. The molecule has 8 nitrogen and oxygen atoms in total. The average Bonchev–Trinajstić information content (AvgIpc) is 3.31. The Labute approximate surface area is 183 Å². The average molecular weight is 429 g/mol. The molecular weight excluding hydrogens is 410 g/mol. The molecule has 0 unspecified atom stereocenters. The maximum absolute atomic E-state index is 13.5. The van der Waals surface area contributed by atoms with E-state index >= 15 is 0 Å². The zero-order chi connectivity index (χ0) is 22.4. The minimum Gasteiger partial charge on any atom is -0.273 e. The Hall–Kier alpha value is -4.04. The van der Waals surface area contributed by atoms with Crippen LogP contribution in [0.2, 0.25) is 0 Å². The molecule has 0 N–H and O–H groups in total. The first-order chi connectivity index (χ1) is 15.5. The number of non-ortho nitro benzene ring substituents is 1. The fourth-order valence-corrected chi connectivity index (χ4v) is 4.29. The molecule has 3 atom stereocenters. The van der Waals surface area contributed by atoms with Crippen LogP contribution in [0, 0.1) is 23.0 Å². The molecule has 8 heteroatoms.